The van der Waals surface area contributed by atoms with Crippen LogP contribution in [-0.2, 0) is 4.79 Å². The summed E-state index contributed by atoms with van der Waals surface area (Å²) in [6.07, 6.45) is 5.73. The normalized spacial score (nSPS) is 45.6. The molecule has 1 spiro atoms. The molecule has 0 aromatic rings. The second-order valence-electron chi connectivity index (χ2n) is 8.58. The first kappa shape index (κ1) is 16.8. The predicted octanol–water partition coefficient (Wildman–Crippen LogP) is 4.18. The molecule has 1 unspecified atom stereocenters. The highest BCUT2D eigenvalue weighted by Crippen LogP contribution is 2.69. The Morgan fingerprint density at radius 1 is 1.35 bits per heavy atom. The van der Waals surface area contributed by atoms with Gasteiger partial charge in [-0.05, 0) is 74.2 Å². The summed E-state index contributed by atoms with van der Waals surface area (Å²) in [4.78, 5) is 11.2. The third kappa shape index (κ3) is 2.31. The highest BCUT2D eigenvalue weighted by atomic mass is 16.4. The summed E-state index contributed by atoms with van der Waals surface area (Å²) in [7, 11) is 0. The van der Waals surface area contributed by atoms with Gasteiger partial charge < -0.3 is 10.2 Å². The molecule has 0 aliphatic heterocycles. The number of carboxylic acid groups (broad SMARTS) is 1. The molecule has 3 aliphatic rings. The van der Waals surface area contributed by atoms with Gasteiger partial charge in [0.2, 0.25) is 0 Å². The molecule has 0 heterocycles. The first-order valence-corrected chi connectivity index (χ1v) is 8.96. The van der Waals surface area contributed by atoms with Crippen molar-refractivity contribution in [1.82, 2.24) is 0 Å². The monoisotopic (exact) mass is 318 g/mol. The SMILES string of the molecule is C=C1C(O)[C@@]23CC[C@H](C(=C)C)[C@@](C)(CCC(=O)O)[C@@H]2CC[C@H]1C3. The number of rotatable bonds is 4. The van der Waals surface area contributed by atoms with E-state index in [2.05, 4.69) is 27.0 Å². The van der Waals surface area contributed by atoms with Gasteiger partial charge in [0.25, 0.3) is 0 Å². The fraction of sp³-hybridized carbons (Fsp3) is 0.750. The van der Waals surface area contributed by atoms with E-state index in [4.69, 9.17) is 0 Å². The minimum absolute atomic E-state index is 0.0702. The summed E-state index contributed by atoms with van der Waals surface area (Å²) < 4.78 is 0. The van der Waals surface area contributed by atoms with E-state index in [9.17, 15) is 15.0 Å². The van der Waals surface area contributed by atoms with Crippen LogP contribution in [0.3, 0.4) is 0 Å². The van der Waals surface area contributed by atoms with Gasteiger partial charge in [-0.25, -0.2) is 0 Å². The lowest BCUT2D eigenvalue weighted by Crippen LogP contribution is -2.54. The Labute approximate surface area is 139 Å². The molecule has 0 saturated heterocycles. The number of aliphatic hydroxyl groups excluding tert-OH is 1. The highest BCUT2D eigenvalue weighted by molar-refractivity contribution is 5.66. The fourth-order valence-corrected chi connectivity index (χ4v) is 6.49. The third-order valence-corrected chi connectivity index (χ3v) is 7.51. The number of fused-ring (bicyclic) bond motifs is 1. The van der Waals surface area contributed by atoms with Crippen LogP contribution in [0.5, 0.6) is 0 Å². The molecule has 3 aliphatic carbocycles. The molecule has 3 nitrogen and oxygen atoms in total. The zero-order chi connectivity index (χ0) is 17.0. The van der Waals surface area contributed by atoms with E-state index in [0.29, 0.717) is 24.2 Å². The number of hydrogen-bond donors (Lipinski definition) is 2. The van der Waals surface area contributed by atoms with E-state index in [1.807, 2.05) is 0 Å². The van der Waals surface area contributed by atoms with Crippen LogP contribution < -0.4 is 0 Å². The first-order chi connectivity index (χ1) is 10.7. The molecule has 3 rings (SSSR count). The number of hydrogen-bond acceptors (Lipinski definition) is 2. The Kier molecular flexibility index (Phi) is 3.99. The Balaban J connectivity index is 2.00. The first-order valence-electron chi connectivity index (χ1n) is 8.96. The molecule has 0 aromatic carbocycles. The van der Waals surface area contributed by atoms with Crippen LogP contribution in [0.25, 0.3) is 0 Å². The smallest absolute Gasteiger partial charge is 0.303 e. The van der Waals surface area contributed by atoms with Crippen molar-refractivity contribution in [2.24, 2.45) is 28.6 Å². The van der Waals surface area contributed by atoms with E-state index in [0.717, 1.165) is 37.7 Å². The van der Waals surface area contributed by atoms with Crippen molar-refractivity contribution in [1.29, 1.82) is 0 Å². The molecule has 0 amide bonds. The van der Waals surface area contributed by atoms with E-state index >= 15 is 0 Å². The average molecular weight is 318 g/mol. The maximum atomic E-state index is 11.2. The number of allylic oxidation sites excluding steroid dienone is 1. The van der Waals surface area contributed by atoms with Gasteiger partial charge in [0.15, 0.2) is 0 Å². The predicted molar refractivity (Wildman–Crippen MR) is 90.9 cm³/mol. The topological polar surface area (TPSA) is 57.5 Å². The number of aliphatic hydroxyl groups is 1. The van der Waals surface area contributed by atoms with Gasteiger partial charge in [0.1, 0.15) is 0 Å². The standard InChI is InChI=1S/C20H30O3/c1-12(2)15-7-10-20-11-14(13(3)18(20)23)5-6-16(20)19(15,4)9-8-17(21)22/h14-16,18,23H,1,3,5-11H2,2,4H3,(H,21,22)/t14-,15+,16-,18?,19+,20+/m0/s1. The summed E-state index contributed by atoms with van der Waals surface area (Å²) in [5, 5.41) is 20.2. The van der Waals surface area contributed by atoms with Gasteiger partial charge in [-0.2, -0.15) is 0 Å². The lowest BCUT2D eigenvalue weighted by Gasteiger charge is -2.59. The van der Waals surface area contributed by atoms with Gasteiger partial charge in [-0.1, -0.05) is 25.7 Å². The summed E-state index contributed by atoms with van der Waals surface area (Å²) in [6, 6.07) is 0. The van der Waals surface area contributed by atoms with Gasteiger partial charge in [-0.3, -0.25) is 4.79 Å². The Bertz CT molecular complexity index is 551. The minimum atomic E-state index is -0.726. The van der Waals surface area contributed by atoms with E-state index in [-0.39, 0.29) is 17.3 Å². The van der Waals surface area contributed by atoms with Gasteiger partial charge in [0.05, 0.1) is 6.10 Å². The Morgan fingerprint density at radius 2 is 2.04 bits per heavy atom. The van der Waals surface area contributed by atoms with Crippen LogP contribution in [0.1, 0.15) is 58.8 Å². The largest absolute Gasteiger partial charge is 0.481 e. The molecular weight excluding hydrogens is 288 g/mol. The summed E-state index contributed by atoms with van der Waals surface area (Å²) in [5.41, 5.74) is 2.04. The van der Waals surface area contributed by atoms with Crippen molar-refractivity contribution in [2.45, 2.75) is 64.9 Å². The van der Waals surface area contributed by atoms with Crippen LogP contribution in [0.4, 0.5) is 0 Å². The second kappa shape index (κ2) is 5.47. The molecule has 6 atom stereocenters. The van der Waals surface area contributed by atoms with E-state index < -0.39 is 12.1 Å². The lowest BCUT2D eigenvalue weighted by atomic mass is 9.45. The number of carbonyl (C=O) groups is 1. The van der Waals surface area contributed by atoms with Gasteiger partial charge in [0, 0.05) is 11.8 Å². The van der Waals surface area contributed by atoms with Gasteiger partial charge >= 0.3 is 5.97 Å². The van der Waals surface area contributed by atoms with Crippen LogP contribution >= 0.6 is 0 Å². The molecule has 3 fully saturated rings. The van der Waals surface area contributed by atoms with Crippen molar-refractivity contribution in [2.75, 3.05) is 0 Å². The van der Waals surface area contributed by atoms with Gasteiger partial charge in [-0.15, -0.1) is 0 Å². The molecule has 128 valence electrons. The van der Waals surface area contributed by atoms with Crippen molar-refractivity contribution in [3.05, 3.63) is 24.3 Å². The average Bonchev–Trinajstić information content (AvgIpc) is 2.66. The number of aliphatic carboxylic acids is 1. The minimum Gasteiger partial charge on any atom is -0.481 e. The Hall–Kier alpha value is -1.09. The van der Waals surface area contributed by atoms with Crippen molar-refractivity contribution < 1.29 is 15.0 Å². The number of carboxylic acids is 1. The molecular formula is C20H30O3. The zero-order valence-corrected chi connectivity index (χ0v) is 14.5. The molecule has 2 bridgehead atoms. The van der Waals surface area contributed by atoms with Crippen LogP contribution in [0.15, 0.2) is 24.3 Å². The molecule has 3 saturated carbocycles. The second-order valence-corrected chi connectivity index (χ2v) is 8.58. The fourth-order valence-electron chi connectivity index (χ4n) is 6.49. The zero-order valence-electron chi connectivity index (χ0n) is 14.5. The third-order valence-electron chi connectivity index (χ3n) is 7.51. The summed E-state index contributed by atoms with van der Waals surface area (Å²) in [5.74, 6) is 0.466. The van der Waals surface area contributed by atoms with Crippen molar-refractivity contribution in [3.63, 3.8) is 0 Å². The van der Waals surface area contributed by atoms with Crippen LogP contribution in [-0.4, -0.2) is 22.3 Å². The van der Waals surface area contributed by atoms with E-state index in [1.165, 1.54) is 5.57 Å². The summed E-state index contributed by atoms with van der Waals surface area (Å²) in [6.45, 7) is 12.7. The van der Waals surface area contributed by atoms with Crippen molar-refractivity contribution >= 4 is 5.97 Å². The molecule has 2 N–H and O–H groups in total. The molecule has 0 radical (unpaired) electrons. The van der Waals surface area contributed by atoms with E-state index in [1.54, 1.807) is 0 Å². The Morgan fingerprint density at radius 3 is 2.65 bits per heavy atom. The highest BCUT2D eigenvalue weighted by Gasteiger charge is 2.63. The maximum Gasteiger partial charge on any atom is 0.303 e. The quantitative estimate of drug-likeness (QED) is 0.765. The van der Waals surface area contributed by atoms with Crippen LogP contribution in [0.2, 0.25) is 0 Å². The molecule has 23 heavy (non-hydrogen) atoms. The summed E-state index contributed by atoms with van der Waals surface area (Å²) >= 11 is 0. The molecule has 0 aromatic heterocycles. The van der Waals surface area contributed by atoms with Crippen molar-refractivity contribution in [3.8, 4) is 0 Å². The van der Waals surface area contributed by atoms with Crippen LogP contribution in [0, 0.1) is 28.6 Å². The lowest BCUT2D eigenvalue weighted by molar-refractivity contribution is -0.142. The molecule has 3 heteroatoms. The maximum absolute atomic E-state index is 11.2.